The van der Waals surface area contributed by atoms with Crippen LogP contribution < -0.4 is 16.0 Å². The van der Waals surface area contributed by atoms with Gasteiger partial charge in [-0.15, -0.1) is 0 Å². The van der Waals surface area contributed by atoms with Gasteiger partial charge < -0.3 is 16.0 Å². The fourth-order valence-electron chi connectivity index (χ4n) is 3.46. The van der Waals surface area contributed by atoms with Gasteiger partial charge in [0.05, 0.1) is 12.6 Å². The van der Waals surface area contributed by atoms with Crippen LogP contribution in [0.5, 0.6) is 0 Å². The van der Waals surface area contributed by atoms with E-state index in [0.717, 1.165) is 23.2 Å². The van der Waals surface area contributed by atoms with Gasteiger partial charge in [0.15, 0.2) is 0 Å². The monoisotopic (exact) mass is 371 g/mol. The quantitative estimate of drug-likeness (QED) is 0.848. The number of carbonyl (C=O) groups is 2. The second kappa shape index (κ2) is 7.79. The molecule has 0 aliphatic carbocycles. The summed E-state index contributed by atoms with van der Waals surface area (Å²) in [5.74, 6) is -0.591. The summed E-state index contributed by atoms with van der Waals surface area (Å²) < 4.78 is 0. The maximum atomic E-state index is 12.6. The number of nitrogens with two attached hydrogens (primary N) is 1. The van der Waals surface area contributed by atoms with Gasteiger partial charge in [-0.3, -0.25) is 9.59 Å². The van der Waals surface area contributed by atoms with E-state index in [1.165, 1.54) is 0 Å². The first-order valence-electron chi connectivity index (χ1n) is 8.65. The fourth-order valence-corrected chi connectivity index (χ4v) is 3.75. The zero-order valence-electron chi connectivity index (χ0n) is 14.6. The van der Waals surface area contributed by atoms with E-state index in [4.69, 9.17) is 17.3 Å². The highest BCUT2D eigenvalue weighted by Crippen LogP contribution is 2.30. The molecular weight excluding hydrogens is 350 g/mol. The molecule has 5 nitrogen and oxygen atoms in total. The van der Waals surface area contributed by atoms with E-state index in [9.17, 15) is 9.59 Å². The molecule has 0 spiro atoms. The number of aryl methyl sites for hydroxylation is 1. The fraction of sp³-hybridized carbons (Fsp3) is 0.300. The Labute approximate surface area is 158 Å². The van der Waals surface area contributed by atoms with Crippen LogP contribution in [0.4, 0.5) is 5.69 Å². The van der Waals surface area contributed by atoms with Crippen molar-refractivity contribution in [3.05, 3.63) is 64.7 Å². The molecule has 0 unspecified atom stereocenters. The number of carbonyl (C=O) groups excluding carboxylic acids is 2. The summed E-state index contributed by atoms with van der Waals surface area (Å²) in [6, 6.07) is 14.5. The van der Waals surface area contributed by atoms with E-state index in [1.54, 1.807) is 11.0 Å². The van der Waals surface area contributed by atoms with Crippen molar-refractivity contribution in [2.24, 2.45) is 5.73 Å². The molecule has 0 fully saturated rings. The molecule has 26 heavy (non-hydrogen) atoms. The third-order valence-electron chi connectivity index (χ3n) is 4.76. The maximum Gasteiger partial charge on any atom is 0.240 e. The van der Waals surface area contributed by atoms with Crippen LogP contribution in [0.3, 0.4) is 0 Å². The van der Waals surface area contributed by atoms with Crippen LogP contribution in [0.1, 0.15) is 30.5 Å². The summed E-state index contributed by atoms with van der Waals surface area (Å²) in [4.78, 5) is 26.3. The standard InChI is InChI=1S/C20H22ClN3O2/c1-13(15-7-3-4-8-16(15)21)23-19(25)12-24-17-9-5-2-6-14(17)10-11-18(24)20(22)26/h2-9,13,18H,10-12H2,1H3,(H2,22,26)(H,23,25)/t13-,18+/m1/s1. The first kappa shape index (κ1) is 18.3. The van der Waals surface area contributed by atoms with E-state index in [-0.39, 0.29) is 18.5 Å². The zero-order chi connectivity index (χ0) is 18.7. The number of hydrogen-bond acceptors (Lipinski definition) is 3. The maximum absolute atomic E-state index is 12.6. The van der Waals surface area contributed by atoms with Crippen LogP contribution in [0.15, 0.2) is 48.5 Å². The SMILES string of the molecule is C[C@@H](NC(=O)CN1c2ccccc2CC[C@H]1C(N)=O)c1ccccc1Cl. The van der Waals surface area contributed by atoms with Crippen LogP contribution in [-0.2, 0) is 16.0 Å². The first-order chi connectivity index (χ1) is 12.5. The van der Waals surface area contributed by atoms with E-state index >= 15 is 0 Å². The minimum Gasteiger partial charge on any atom is -0.368 e. The van der Waals surface area contributed by atoms with E-state index < -0.39 is 11.9 Å². The number of hydrogen-bond donors (Lipinski definition) is 2. The molecule has 0 saturated heterocycles. The first-order valence-corrected chi connectivity index (χ1v) is 9.03. The molecule has 1 aliphatic heterocycles. The number of primary amides is 1. The molecule has 0 radical (unpaired) electrons. The Morgan fingerprint density at radius 2 is 1.92 bits per heavy atom. The molecule has 1 aliphatic rings. The molecule has 2 atom stereocenters. The van der Waals surface area contributed by atoms with Crippen molar-refractivity contribution in [3.8, 4) is 0 Å². The highest BCUT2D eigenvalue weighted by Gasteiger charge is 2.31. The van der Waals surface area contributed by atoms with Gasteiger partial charge in [0.1, 0.15) is 6.04 Å². The number of nitrogens with zero attached hydrogens (tertiary/aromatic N) is 1. The highest BCUT2D eigenvalue weighted by molar-refractivity contribution is 6.31. The summed E-state index contributed by atoms with van der Waals surface area (Å²) in [6.45, 7) is 1.95. The predicted octanol–water partition coefficient (Wildman–Crippen LogP) is 2.82. The molecule has 2 amide bonds. The number of anilines is 1. The number of halogens is 1. The van der Waals surface area contributed by atoms with Gasteiger partial charge in [0.2, 0.25) is 11.8 Å². The lowest BCUT2D eigenvalue weighted by Gasteiger charge is -2.36. The van der Waals surface area contributed by atoms with Crippen LogP contribution in [-0.4, -0.2) is 24.4 Å². The Hall–Kier alpha value is -2.53. The Balaban J connectivity index is 1.76. The van der Waals surface area contributed by atoms with E-state index in [2.05, 4.69) is 5.32 Å². The van der Waals surface area contributed by atoms with Crippen molar-refractivity contribution < 1.29 is 9.59 Å². The summed E-state index contributed by atoms with van der Waals surface area (Å²) in [6.07, 6.45) is 1.39. The van der Waals surface area contributed by atoms with Crippen molar-refractivity contribution in [3.63, 3.8) is 0 Å². The van der Waals surface area contributed by atoms with Gasteiger partial charge in [0, 0.05) is 10.7 Å². The highest BCUT2D eigenvalue weighted by atomic mass is 35.5. The lowest BCUT2D eigenvalue weighted by Crippen LogP contribution is -2.51. The molecule has 2 aromatic rings. The summed E-state index contributed by atoms with van der Waals surface area (Å²) in [7, 11) is 0. The lowest BCUT2D eigenvalue weighted by atomic mass is 9.95. The van der Waals surface area contributed by atoms with Crippen molar-refractivity contribution in [1.29, 1.82) is 0 Å². The van der Waals surface area contributed by atoms with E-state index in [1.807, 2.05) is 49.4 Å². The summed E-state index contributed by atoms with van der Waals surface area (Å²) >= 11 is 6.20. The predicted molar refractivity (Wildman–Crippen MR) is 103 cm³/mol. The average molecular weight is 372 g/mol. The topological polar surface area (TPSA) is 75.4 Å². The molecule has 0 aromatic heterocycles. The normalized spacial score (nSPS) is 17.3. The van der Waals surface area contributed by atoms with Gasteiger partial charge in [-0.25, -0.2) is 0 Å². The molecule has 3 rings (SSSR count). The Morgan fingerprint density at radius 3 is 2.65 bits per heavy atom. The van der Waals surface area contributed by atoms with Gasteiger partial charge in [-0.2, -0.15) is 0 Å². The van der Waals surface area contributed by atoms with Crippen LogP contribution in [0.25, 0.3) is 0 Å². The number of fused-ring (bicyclic) bond motifs is 1. The third-order valence-corrected chi connectivity index (χ3v) is 5.10. The number of benzene rings is 2. The summed E-state index contributed by atoms with van der Waals surface area (Å²) in [5, 5.41) is 3.57. The Morgan fingerprint density at radius 1 is 1.23 bits per heavy atom. The lowest BCUT2D eigenvalue weighted by molar-refractivity contribution is -0.121. The number of rotatable bonds is 5. The minimum absolute atomic E-state index is 0.0689. The second-order valence-corrected chi connectivity index (χ2v) is 6.93. The number of amides is 2. The molecule has 2 aromatic carbocycles. The zero-order valence-corrected chi connectivity index (χ0v) is 15.4. The van der Waals surface area contributed by atoms with Crippen molar-refractivity contribution in [2.45, 2.75) is 31.8 Å². The molecule has 0 bridgehead atoms. The molecular formula is C20H22ClN3O2. The van der Waals surface area contributed by atoms with Crippen molar-refractivity contribution in [2.75, 3.05) is 11.4 Å². The van der Waals surface area contributed by atoms with Crippen LogP contribution >= 0.6 is 11.6 Å². The van der Waals surface area contributed by atoms with Crippen LogP contribution in [0, 0.1) is 0 Å². The number of para-hydroxylation sites is 1. The van der Waals surface area contributed by atoms with Crippen molar-refractivity contribution >= 4 is 29.1 Å². The molecule has 6 heteroatoms. The van der Waals surface area contributed by atoms with Gasteiger partial charge in [-0.1, -0.05) is 48.0 Å². The summed E-state index contributed by atoms with van der Waals surface area (Å²) in [5.41, 5.74) is 8.44. The molecule has 1 heterocycles. The largest absolute Gasteiger partial charge is 0.368 e. The molecule has 0 saturated carbocycles. The average Bonchev–Trinajstić information content (AvgIpc) is 2.62. The molecule has 3 N–H and O–H groups in total. The number of nitrogens with one attached hydrogen (secondary N) is 1. The van der Waals surface area contributed by atoms with Crippen LogP contribution in [0.2, 0.25) is 5.02 Å². The molecule has 136 valence electrons. The minimum atomic E-state index is -0.480. The van der Waals surface area contributed by atoms with Gasteiger partial charge in [-0.05, 0) is 43.0 Å². The van der Waals surface area contributed by atoms with Gasteiger partial charge >= 0.3 is 0 Å². The smallest absolute Gasteiger partial charge is 0.240 e. The van der Waals surface area contributed by atoms with E-state index in [0.29, 0.717) is 11.4 Å². The van der Waals surface area contributed by atoms with Crippen molar-refractivity contribution in [1.82, 2.24) is 5.32 Å². The van der Waals surface area contributed by atoms with Gasteiger partial charge in [0.25, 0.3) is 0 Å². The third kappa shape index (κ3) is 3.83. The second-order valence-electron chi connectivity index (χ2n) is 6.52. The Kier molecular flexibility index (Phi) is 5.47. The Bertz CT molecular complexity index is 824.